The molecule has 2 nitrogen and oxygen atoms in total. The summed E-state index contributed by atoms with van der Waals surface area (Å²) >= 11 is 0. The van der Waals surface area contributed by atoms with Crippen LogP contribution < -0.4 is 5.73 Å². The molecule has 0 saturated carbocycles. The Hall–Kier alpha value is -0.760. The first-order valence-corrected chi connectivity index (χ1v) is 6.73. The second-order valence-electron chi connectivity index (χ2n) is 4.97. The smallest absolute Gasteiger partial charge is 0.0330 e. The van der Waals surface area contributed by atoms with Crippen molar-refractivity contribution in [3.8, 4) is 0 Å². The van der Waals surface area contributed by atoms with Gasteiger partial charge in [0.2, 0.25) is 0 Å². The van der Waals surface area contributed by atoms with Crippen LogP contribution >= 0.6 is 0 Å². The Labute approximate surface area is 98.8 Å². The van der Waals surface area contributed by atoms with Gasteiger partial charge in [0.15, 0.2) is 0 Å². The fraction of sp³-hybridized carbons (Fsp3) is 0.714. The fourth-order valence-electron chi connectivity index (χ4n) is 2.97. The van der Waals surface area contributed by atoms with Gasteiger partial charge in [0, 0.05) is 24.0 Å². The van der Waals surface area contributed by atoms with Crippen LogP contribution in [-0.2, 0) is 6.42 Å². The van der Waals surface area contributed by atoms with E-state index in [-0.39, 0.29) is 6.04 Å². The highest BCUT2D eigenvalue weighted by Gasteiger charge is 2.22. The number of nitrogens with two attached hydrogens (primary N) is 1. The van der Waals surface area contributed by atoms with Crippen LogP contribution in [0.1, 0.15) is 69.3 Å². The van der Waals surface area contributed by atoms with Crippen LogP contribution in [0.2, 0.25) is 0 Å². The molecule has 0 bridgehead atoms. The van der Waals surface area contributed by atoms with Crippen molar-refractivity contribution < 1.29 is 0 Å². The molecule has 1 aliphatic carbocycles. The van der Waals surface area contributed by atoms with Gasteiger partial charge < -0.3 is 10.3 Å². The lowest BCUT2D eigenvalue weighted by molar-refractivity contribution is 0.424. The molecule has 2 heteroatoms. The molecular weight excluding hydrogens is 196 g/mol. The van der Waals surface area contributed by atoms with Crippen LogP contribution in [0.25, 0.3) is 0 Å². The minimum atomic E-state index is 0.282. The summed E-state index contributed by atoms with van der Waals surface area (Å²) < 4.78 is 2.50. The van der Waals surface area contributed by atoms with Crippen LogP contribution in [0.4, 0.5) is 0 Å². The van der Waals surface area contributed by atoms with E-state index in [1.165, 1.54) is 43.4 Å². The molecule has 2 atom stereocenters. The zero-order valence-corrected chi connectivity index (χ0v) is 10.6. The maximum Gasteiger partial charge on any atom is 0.0330 e. The molecule has 0 saturated heterocycles. The number of hydrogen-bond acceptors (Lipinski definition) is 1. The summed E-state index contributed by atoms with van der Waals surface area (Å²) in [7, 11) is 0. The predicted octanol–water partition coefficient (Wildman–Crippen LogP) is 3.58. The molecule has 90 valence electrons. The molecule has 16 heavy (non-hydrogen) atoms. The Morgan fingerprint density at radius 3 is 3.00 bits per heavy atom. The molecule has 0 amide bonds. The minimum absolute atomic E-state index is 0.282. The lowest BCUT2D eigenvalue weighted by atomic mass is 9.93. The minimum Gasteiger partial charge on any atom is -0.348 e. The monoisotopic (exact) mass is 220 g/mol. The van der Waals surface area contributed by atoms with E-state index in [1.54, 1.807) is 0 Å². The average Bonchev–Trinajstić information content (AvgIpc) is 2.71. The lowest BCUT2D eigenvalue weighted by Crippen LogP contribution is -2.19. The van der Waals surface area contributed by atoms with E-state index in [1.807, 2.05) is 0 Å². The molecule has 2 unspecified atom stereocenters. The standard InChI is InChI=1S/C14H24N2/c1-3-6-11(4-2)16-10-9-12-13(15)7-5-8-14(12)16/h9-11,13H,3-8,15H2,1-2H3. The van der Waals surface area contributed by atoms with Crippen molar-refractivity contribution in [2.24, 2.45) is 5.73 Å². The van der Waals surface area contributed by atoms with Crippen molar-refractivity contribution in [2.45, 2.75) is 64.5 Å². The van der Waals surface area contributed by atoms with Gasteiger partial charge in [-0.15, -0.1) is 0 Å². The third-order valence-electron chi connectivity index (χ3n) is 3.87. The predicted molar refractivity (Wildman–Crippen MR) is 68.5 cm³/mol. The maximum absolute atomic E-state index is 6.16. The van der Waals surface area contributed by atoms with Gasteiger partial charge in [0.05, 0.1) is 0 Å². The van der Waals surface area contributed by atoms with Crippen LogP contribution in [-0.4, -0.2) is 4.57 Å². The summed E-state index contributed by atoms with van der Waals surface area (Å²) in [5, 5.41) is 0. The number of hydrogen-bond donors (Lipinski definition) is 1. The number of rotatable bonds is 4. The first kappa shape index (κ1) is 11.7. The summed E-state index contributed by atoms with van der Waals surface area (Å²) in [6.07, 6.45) is 9.66. The van der Waals surface area contributed by atoms with Gasteiger partial charge in [0.25, 0.3) is 0 Å². The van der Waals surface area contributed by atoms with E-state index in [9.17, 15) is 0 Å². The molecule has 1 aromatic heterocycles. The van der Waals surface area contributed by atoms with Crippen molar-refractivity contribution in [3.05, 3.63) is 23.5 Å². The van der Waals surface area contributed by atoms with E-state index >= 15 is 0 Å². The molecular formula is C14H24N2. The van der Waals surface area contributed by atoms with E-state index in [2.05, 4.69) is 30.7 Å². The molecule has 2 N–H and O–H groups in total. The highest BCUT2D eigenvalue weighted by Crippen LogP contribution is 2.32. The summed E-state index contributed by atoms with van der Waals surface area (Å²) in [6.45, 7) is 4.56. The second-order valence-corrected chi connectivity index (χ2v) is 4.97. The first-order valence-electron chi connectivity index (χ1n) is 6.73. The first-order chi connectivity index (χ1) is 7.77. The Morgan fingerprint density at radius 2 is 2.31 bits per heavy atom. The van der Waals surface area contributed by atoms with Gasteiger partial charge >= 0.3 is 0 Å². The van der Waals surface area contributed by atoms with Gasteiger partial charge in [-0.3, -0.25) is 0 Å². The van der Waals surface area contributed by atoms with Crippen LogP contribution in [0.5, 0.6) is 0 Å². The third kappa shape index (κ3) is 2.03. The van der Waals surface area contributed by atoms with E-state index in [0.717, 1.165) is 6.42 Å². The fourth-order valence-corrected chi connectivity index (χ4v) is 2.97. The quantitative estimate of drug-likeness (QED) is 0.826. The average molecular weight is 220 g/mol. The largest absolute Gasteiger partial charge is 0.348 e. The van der Waals surface area contributed by atoms with Crippen molar-refractivity contribution >= 4 is 0 Å². The van der Waals surface area contributed by atoms with E-state index in [0.29, 0.717) is 6.04 Å². The van der Waals surface area contributed by atoms with Gasteiger partial charge in [-0.2, -0.15) is 0 Å². The molecule has 1 heterocycles. The van der Waals surface area contributed by atoms with Crippen LogP contribution in [0.15, 0.2) is 12.3 Å². The van der Waals surface area contributed by atoms with Gasteiger partial charge in [-0.05, 0) is 43.7 Å². The van der Waals surface area contributed by atoms with Crippen molar-refractivity contribution in [2.75, 3.05) is 0 Å². The Bertz CT molecular complexity index is 341. The zero-order valence-electron chi connectivity index (χ0n) is 10.6. The summed E-state index contributed by atoms with van der Waals surface area (Å²) in [5.74, 6) is 0. The topological polar surface area (TPSA) is 30.9 Å². The molecule has 0 fully saturated rings. The highest BCUT2D eigenvalue weighted by atomic mass is 15.0. The normalized spacial score (nSPS) is 21.8. The molecule has 1 aromatic rings. The third-order valence-corrected chi connectivity index (χ3v) is 3.87. The van der Waals surface area contributed by atoms with Crippen molar-refractivity contribution in [1.82, 2.24) is 4.57 Å². The number of fused-ring (bicyclic) bond motifs is 1. The van der Waals surface area contributed by atoms with Crippen LogP contribution in [0, 0.1) is 0 Å². The van der Waals surface area contributed by atoms with Crippen molar-refractivity contribution in [3.63, 3.8) is 0 Å². The Kier molecular flexibility index (Phi) is 3.70. The van der Waals surface area contributed by atoms with Gasteiger partial charge in [0.1, 0.15) is 0 Å². The van der Waals surface area contributed by atoms with Crippen LogP contribution in [0.3, 0.4) is 0 Å². The summed E-state index contributed by atoms with van der Waals surface area (Å²) in [6, 6.07) is 3.21. The van der Waals surface area contributed by atoms with E-state index in [4.69, 9.17) is 5.73 Å². The molecule has 0 aromatic carbocycles. The van der Waals surface area contributed by atoms with Gasteiger partial charge in [-0.1, -0.05) is 20.3 Å². The van der Waals surface area contributed by atoms with Crippen molar-refractivity contribution in [1.29, 1.82) is 0 Å². The zero-order chi connectivity index (χ0) is 11.5. The highest BCUT2D eigenvalue weighted by molar-refractivity contribution is 5.28. The summed E-state index contributed by atoms with van der Waals surface area (Å²) in [4.78, 5) is 0. The number of nitrogens with zero attached hydrogens (tertiary/aromatic N) is 1. The molecule has 0 spiro atoms. The Balaban J connectivity index is 2.27. The molecule has 2 rings (SSSR count). The summed E-state index contributed by atoms with van der Waals surface area (Å²) in [5.41, 5.74) is 9.08. The molecule has 0 radical (unpaired) electrons. The molecule has 0 aliphatic heterocycles. The van der Waals surface area contributed by atoms with E-state index < -0.39 is 0 Å². The SMILES string of the molecule is CCCC(CC)n1ccc2c1CCCC2N. The lowest BCUT2D eigenvalue weighted by Gasteiger charge is -2.25. The number of aromatic nitrogens is 1. The maximum atomic E-state index is 6.16. The Morgan fingerprint density at radius 1 is 1.50 bits per heavy atom. The van der Waals surface area contributed by atoms with Gasteiger partial charge in [-0.25, -0.2) is 0 Å². The second kappa shape index (κ2) is 5.05. The molecule has 1 aliphatic rings.